The van der Waals surface area contributed by atoms with Gasteiger partial charge in [-0.05, 0) is 6.07 Å². The van der Waals surface area contributed by atoms with Crippen LogP contribution in [-0.4, -0.2) is 15.3 Å². The number of hydrogen-bond acceptors (Lipinski definition) is 3. The Kier molecular flexibility index (Phi) is 2.03. The van der Waals surface area contributed by atoms with E-state index in [-0.39, 0.29) is 16.9 Å². The number of anilines is 1. The quantitative estimate of drug-likeness (QED) is 0.671. The third kappa shape index (κ3) is 1.50. The highest BCUT2D eigenvalue weighted by molar-refractivity contribution is 5.77. The molecule has 0 aliphatic carbocycles. The average molecular weight is 211 g/mol. The van der Waals surface area contributed by atoms with Crippen LogP contribution >= 0.6 is 0 Å². The maximum Gasteiger partial charge on any atom is 0.168 e. The summed E-state index contributed by atoms with van der Waals surface area (Å²) in [6, 6.07) is 1.58. The predicted molar refractivity (Wildman–Crippen MR) is 50.0 cm³/mol. The molecule has 1 aromatic heterocycles. The first-order valence-corrected chi connectivity index (χ1v) is 4.07. The van der Waals surface area contributed by atoms with Gasteiger partial charge >= 0.3 is 0 Å². The number of rotatable bonds is 1. The molecule has 0 atom stereocenters. The minimum Gasteiger partial charge on any atom is -0.504 e. The summed E-state index contributed by atoms with van der Waals surface area (Å²) in [4.78, 5) is 0. The fourth-order valence-electron chi connectivity index (χ4n) is 1.28. The lowest BCUT2D eigenvalue weighted by molar-refractivity contribution is 0.430. The zero-order valence-corrected chi connectivity index (χ0v) is 7.46. The van der Waals surface area contributed by atoms with Crippen LogP contribution in [0.5, 0.6) is 5.75 Å². The largest absolute Gasteiger partial charge is 0.504 e. The monoisotopic (exact) mass is 211 g/mol. The summed E-state index contributed by atoms with van der Waals surface area (Å²) in [5.74, 6) is -2.34. The number of hydrogen-bond donors (Lipinski definition) is 3. The molecule has 1 heterocycles. The summed E-state index contributed by atoms with van der Waals surface area (Å²) in [5, 5.41) is 15.4. The molecule has 0 spiro atoms. The molecule has 2 rings (SSSR count). The fourth-order valence-corrected chi connectivity index (χ4v) is 1.28. The van der Waals surface area contributed by atoms with Crippen LogP contribution in [0.25, 0.3) is 11.1 Å². The van der Waals surface area contributed by atoms with Crippen molar-refractivity contribution >= 4 is 5.82 Å². The van der Waals surface area contributed by atoms with E-state index in [0.717, 1.165) is 6.07 Å². The molecule has 0 fully saturated rings. The van der Waals surface area contributed by atoms with Gasteiger partial charge in [-0.15, -0.1) is 0 Å². The molecule has 0 saturated carbocycles. The standard InChI is InChI=1S/C9H7F2N3O/c10-4-1-5(8(15)7(11)2-4)6-3-13-14-9(6)12/h1-3,15H,(H3,12,13,14). The van der Waals surface area contributed by atoms with Gasteiger partial charge in [-0.1, -0.05) is 0 Å². The van der Waals surface area contributed by atoms with Crippen molar-refractivity contribution < 1.29 is 13.9 Å². The number of halogens is 2. The molecular weight excluding hydrogens is 204 g/mol. The third-order valence-corrected chi connectivity index (χ3v) is 1.99. The minimum absolute atomic E-state index is 0.0289. The van der Waals surface area contributed by atoms with Crippen molar-refractivity contribution in [3.8, 4) is 16.9 Å². The summed E-state index contributed by atoms with van der Waals surface area (Å²) in [5.41, 5.74) is 5.69. The van der Waals surface area contributed by atoms with Crippen molar-refractivity contribution in [1.29, 1.82) is 0 Å². The number of aromatic nitrogens is 2. The average Bonchev–Trinajstić information content (AvgIpc) is 2.58. The number of phenols is 1. The first-order chi connectivity index (χ1) is 7.09. The van der Waals surface area contributed by atoms with Gasteiger partial charge in [0.05, 0.1) is 6.20 Å². The van der Waals surface area contributed by atoms with Gasteiger partial charge in [-0.2, -0.15) is 5.10 Å². The van der Waals surface area contributed by atoms with Crippen LogP contribution in [-0.2, 0) is 0 Å². The van der Waals surface area contributed by atoms with Crippen LogP contribution in [0.2, 0.25) is 0 Å². The van der Waals surface area contributed by atoms with Crippen molar-refractivity contribution in [2.45, 2.75) is 0 Å². The fraction of sp³-hybridized carbons (Fsp3) is 0. The van der Waals surface area contributed by atoms with Gasteiger partial charge in [0, 0.05) is 17.2 Å². The highest BCUT2D eigenvalue weighted by atomic mass is 19.1. The number of nitrogens with two attached hydrogens (primary N) is 1. The Morgan fingerprint density at radius 1 is 1.27 bits per heavy atom. The number of aromatic hydroxyl groups is 1. The van der Waals surface area contributed by atoms with Crippen LogP contribution in [0.1, 0.15) is 0 Å². The summed E-state index contributed by atoms with van der Waals surface area (Å²) >= 11 is 0. The smallest absolute Gasteiger partial charge is 0.168 e. The lowest BCUT2D eigenvalue weighted by Crippen LogP contribution is -1.90. The Balaban J connectivity index is 2.68. The zero-order chi connectivity index (χ0) is 11.0. The minimum atomic E-state index is -1.04. The molecule has 0 aliphatic heterocycles. The van der Waals surface area contributed by atoms with Gasteiger partial charge in [0.15, 0.2) is 11.6 Å². The topological polar surface area (TPSA) is 74.9 Å². The van der Waals surface area contributed by atoms with Gasteiger partial charge in [0.25, 0.3) is 0 Å². The first kappa shape index (κ1) is 9.45. The molecule has 0 aliphatic rings. The second kappa shape index (κ2) is 3.23. The second-order valence-corrected chi connectivity index (χ2v) is 2.98. The first-order valence-electron chi connectivity index (χ1n) is 4.07. The van der Waals surface area contributed by atoms with Crippen molar-refractivity contribution in [3.05, 3.63) is 30.0 Å². The van der Waals surface area contributed by atoms with Crippen LogP contribution in [0, 0.1) is 11.6 Å². The number of aromatic amines is 1. The van der Waals surface area contributed by atoms with E-state index in [1.54, 1.807) is 0 Å². The van der Waals surface area contributed by atoms with E-state index in [1.807, 2.05) is 0 Å². The molecule has 4 nitrogen and oxygen atoms in total. The van der Waals surface area contributed by atoms with E-state index >= 15 is 0 Å². The van der Waals surface area contributed by atoms with E-state index < -0.39 is 17.4 Å². The number of phenolic OH excluding ortho intramolecular Hbond substituents is 1. The Morgan fingerprint density at radius 2 is 2.00 bits per heavy atom. The van der Waals surface area contributed by atoms with Gasteiger partial charge in [-0.25, -0.2) is 8.78 Å². The van der Waals surface area contributed by atoms with Crippen molar-refractivity contribution in [3.63, 3.8) is 0 Å². The van der Waals surface area contributed by atoms with E-state index in [9.17, 15) is 13.9 Å². The highest BCUT2D eigenvalue weighted by Gasteiger charge is 2.14. The summed E-state index contributed by atoms with van der Waals surface area (Å²) in [6.07, 6.45) is 1.28. The van der Waals surface area contributed by atoms with E-state index in [2.05, 4.69) is 10.2 Å². The van der Waals surface area contributed by atoms with Crippen molar-refractivity contribution in [2.24, 2.45) is 0 Å². The van der Waals surface area contributed by atoms with Gasteiger partial charge in [-0.3, -0.25) is 5.10 Å². The molecule has 15 heavy (non-hydrogen) atoms. The summed E-state index contributed by atoms with van der Waals surface area (Å²) in [7, 11) is 0. The predicted octanol–water partition coefficient (Wildman–Crippen LogP) is 1.64. The van der Waals surface area contributed by atoms with Crippen LogP contribution in [0.3, 0.4) is 0 Å². The maximum atomic E-state index is 13.0. The summed E-state index contributed by atoms with van der Waals surface area (Å²) < 4.78 is 25.9. The Morgan fingerprint density at radius 3 is 2.60 bits per heavy atom. The maximum absolute atomic E-state index is 13.0. The van der Waals surface area contributed by atoms with Gasteiger partial charge in [0.2, 0.25) is 0 Å². The van der Waals surface area contributed by atoms with E-state index in [1.165, 1.54) is 6.20 Å². The molecule has 6 heteroatoms. The van der Waals surface area contributed by atoms with Gasteiger partial charge < -0.3 is 10.8 Å². The zero-order valence-electron chi connectivity index (χ0n) is 7.46. The second-order valence-electron chi connectivity index (χ2n) is 2.98. The lowest BCUT2D eigenvalue weighted by Gasteiger charge is -2.04. The van der Waals surface area contributed by atoms with Crippen LogP contribution in [0.4, 0.5) is 14.6 Å². The Bertz CT molecular complexity index is 510. The molecular formula is C9H7F2N3O. The molecule has 2 aromatic rings. The number of nitrogens with one attached hydrogen (secondary N) is 1. The number of nitrogen functional groups attached to an aromatic ring is 1. The van der Waals surface area contributed by atoms with Crippen LogP contribution < -0.4 is 5.73 Å². The Labute approximate surface area is 83.4 Å². The number of H-pyrrole nitrogens is 1. The molecule has 0 unspecified atom stereocenters. The third-order valence-electron chi connectivity index (χ3n) is 1.99. The number of nitrogens with zero attached hydrogens (tertiary/aromatic N) is 1. The Hall–Kier alpha value is -2.11. The van der Waals surface area contributed by atoms with Crippen molar-refractivity contribution in [1.82, 2.24) is 10.2 Å². The molecule has 0 radical (unpaired) electrons. The van der Waals surface area contributed by atoms with Gasteiger partial charge in [0.1, 0.15) is 11.6 Å². The molecule has 78 valence electrons. The normalized spacial score (nSPS) is 10.5. The highest BCUT2D eigenvalue weighted by Crippen LogP contribution is 2.34. The summed E-state index contributed by atoms with van der Waals surface area (Å²) in [6.45, 7) is 0. The SMILES string of the molecule is Nc1[nH]ncc1-c1cc(F)cc(F)c1O. The molecule has 0 bridgehead atoms. The van der Waals surface area contributed by atoms with Crippen molar-refractivity contribution in [2.75, 3.05) is 5.73 Å². The molecule has 0 amide bonds. The van der Waals surface area contributed by atoms with E-state index in [4.69, 9.17) is 5.73 Å². The molecule has 1 aromatic carbocycles. The number of benzene rings is 1. The van der Waals surface area contributed by atoms with Crippen LogP contribution in [0.15, 0.2) is 18.3 Å². The van der Waals surface area contributed by atoms with E-state index in [0.29, 0.717) is 6.07 Å². The lowest BCUT2D eigenvalue weighted by atomic mass is 10.1. The molecule has 4 N–H and O–H groups in total. The molecule has 0 saturated heterocycles.